The molecule has 9 nitrogen and oxygen atoms in total. The SMILES string of the molecule is CC(NC(=O)c1c(N)nn2cccnc12)c1nc2cccc(/C=C/C3CCCC3)c2c(=O)n1-c1ccccc1. The molecule has 5 aromatic rings. The molecular formula is C30H29N7O2. The number of para-hydroxylation sites is 1. The molecule has 196 valence electrons. The lowest BCUT2D eigenvalue weighted by molar-refractivity contribution is 0.0940. The summed E-state index contributed by atoms with van der Waals surface area (Å²) in [6.45, 7) is 1.80. The lowest BCUT2D eigenvalue weighted by Crippen LogP contribution is -2.33. The maximum atomic E-state index is 14.1. The summed E-state index contributed by atoms with van der Waals surface area (Å²) in [5.41, 5.74) is 8.50. The number of carbonyl (C=O) groups is 1. The van der Waals surface area contributed by atoms with Gasteiger partial charge in [-0.3, -0.25) is 14.2 Å². The molecule has 9 heteroatoms. The van der Waals surface area contributed by atoms with E-state index in [4.69, 9.17) is 10.7 Å². The second kappa shape index (κ2) is 10.2. The average molecular weight is 520 g/mol. The molecule has 1 saturated carbocycles. The van der Waals surface area contributed by atoms with Gasteiger partial charge in [-0.25, -0.2) is 14.5 Å². The van der Waals surface area contributed by atoms with Crippen molar-refractivity contribution in [3.63, 3.8) is 0 Å². The van der Waals surface area contributed by atoms with Gasteiger partial charge in [0.05, 0.1) is 22.6 Å². The Kier molecular flexibility index (Phi) is 6.40. The molecule has 1 aliphatic carbocycles. The van der Waals surface area contributed by atoms with Crippen LogP contribution in [0.2, 0.25) is 0 Å². The van der Waals surface area contributed by atoms with Crippen molar-refractivity contribution in [3.05, 3.63) is 100 Å². The zero-order valence-corrected chi connectivity index (χ0v) is 21.6. The zero-order valence-electron chi connectivity index (χ0n) is 21.6. The Balaban J connectivity index is 1.45. The highest BCUT2D eigenvalue weighted by molar-refractivity contribution is 6.04. The van der Waals surface area contributed by atoms with E-state index in [1.165, 1.54) is 30.2 Å². The number of hydrogen-bond donors (Lipinski definition) is 2. The Hall–Kier alpha value is -4.79. The Morgan fingerprint density at radius 3 is 2.69 bits per heavy atom. The van der Waals surface area contributed by atoms with Gasteiger partial charge in [-0.15, -0.1) is 5.10 Å². The number of carbonyl (C=O) groups excluding carboxylic acids is 1. The minimum Gasteiger partial charge on any atom is -0.381 e. The highest BCUT2D eigenvalue weighted by atomic mass is 16.2. The summed E-state index contributed by atoms with van der Waals surface area (Å²) in [5.74, 6) is 0.577. The zero-order chi connectivity index (χ0) is 26.9. The normalized spacial score (nSPS) is 14.9. The second-order valence-electron chi connectivity index (χ2n) is 9.93. The number of nitrogens with zero attached hydrogens (tertiary/aromatic N) is 5. The first-order valence-electron chi connectivity index (χ1n) is 13.2. The number of fused-ring (bicyclic) bond motifs is 2. The summed E-state index contributed by atoms with van der Waals surface area (Å²) < 4.78 is 3.04. The van der Waals surface area contributed by atoms with E-state index in [0.717, 1.165) is 5.56 Å². The molecule has 1 unspecified atom stereocenters. The van der Waals surface area contributed by atoms with Gasteiger partial charge in [0.15, 0.2) is 11.5 Å². The molecule has 0 aliphatic heterocycles. The minimum atomic E-state index is -0.634. The number of amides is 1. The number of allylic oxidation sites excluding steroid dienone is 1. The highest BCUT2D eigenvalue weighted by Gasteiger charge is 2.25. The number of nitrogens with one attached hydrogen (secondary N) is 1. The van der Waals surface area contributed by atoms with Crippen LogP contribution in [0.25, 0.3) is 28.3 Å². The van der Waals surface area contributed by atoms with Crippen LogP contribution >= 0.6 is 0 Å². The van der Waals surface area contributed by atoms with Crippen molar-refractivity contribution in [2.45, 2.75) is 38.6 Å². The predicted octanol–water partition coefficient (Wildman–Crippen LogP) is 4.71. The molecule has 1 fully saturated rings. The van der Waals surface area contributed by atoms with E-state index in [1.54, 1.807) is 30.0 Å². The molecule has 2 aromatic carbocycles. The van der Waals surface area contributed by atoms with Gasteiger partial charge in [-0.1, -0.05) is 55.3 Å². The van der Waals surface area contributed by atoms with Crippen molar-refractivity contribution in [2.75, 3.05) is 5.73 Å². The minimum absolute atomic E-state index is 0.0732. The van der Waals surface area contributed by atoms with Crippen molar-refractivity contribution in [3.8, 4) is 5.69 Å². The summed E-state index contributed by atoms with van der Waals surface area (Å²) in [5, 5.41) is 7.70. The highest BCUT2D eigenvalue weighted by Crippen LogP contribution is 2.28. The molecule has 1 atom stereocenters. The van der Waals surface area contributed by atoms with Crippen LogP contribution in [0, 0.1) is 5.92 Å². The first-order chi connectivity index (χ1) is 19.0. The van der Waals surface area contributed by atoms with Crippen LogP contribution in [0.3, 0.4) is 0 Å². The number of anilines is 1. The Morgan fingerprint density at radius 1 is 1.10 bits per heavy atom. The fourth-order valence-electron chi connectivity index (χ4n) is 5.37. The summed E-state index contributed by atoms with van der Waals surface area (Å²) >= 11 is 0. The summed E-state index contributed by atoms with van der Waals surface area (Å²) in [6, 6.07) is 16.1. The fourth-order valence-corrected chi connectivity index (χ4v) is 5.37. The molecule has 1 aliphatic rings. The monoisotopic (exact) mass is 519 g/mol. The van der Waals surface area contributed by atoms with Gasteiger partial charge in [0.1, 0.15) is 11.4 Å². The predicted molar refractivity (Wildman–Crippen MR) is 152 cm³/mol. The quantitative estimate of drug-likeness (QED) is 0.335. The first kappa shape index (κ1) is 24.5. The van der Waals surface area contributed by atoms with E-state index < -0.39 is 11.9 Å². The van der Waals surface area contributed by atoms with Gasteiger partial charge in [-0.05, 0) is 55.5 Å². The van der Waals surface area contributed by atoms with Crippen molar-refractivity contribution < 1.29 is 4.79 Å². The Labute approximate surface area is 225 Å². The van der Waals surface area contributed by atoms with Gasteiger partial charge in [0.25, 0.3) is 11.5 Å². The third kappa shape index (κ3) is 4.56. The molecule has 3 aromatic heterocycles. The van der Waals surface area contributed by atoms with E-state index in [2.05, 4.69) is 27.6 Å². The molecule has 0 radical (unpaired) electrons. The molecular weight excluding hydrogens is 490 g/mol. The van der Waals surface area contributed by atoms with Crippen molar-refractivity contribution in [1.29, 1.82) is 0 Å². The van der Waals surface area contributed by atoms with Gasteiger partial charge in [-0.2, -0.15) is 0 Å². The number of benzene rings is 2. The topological polar surface area (TPSA) is 120 Å². The summed E-state index contributed by atoms with van der Waals surface area (Å²) in [4.78, 5) is 36.7. The van der Waals surface area contributed by atoms with Crippen LogP contribution in [0.5, 0.6) is 0 Å². The Bertz CT molecular complexity index is 1770. The molecule has 1 amide bonds. The standard InChI is InChI=1S/C30H29N7O2/c1-19(33-29(38)25-26(31)35-36-18-8-17-32-28(25)36)27-34-23-14-7-11-21(16-15-20-9-5-6-10-20)24(23)30(39)37(27)22-12-3-2-4-13-22/h2-4,7-8,11-20H,5-6,9-10H2,1H3,(H2,31,35)(H,33,38)/b16-15+. The number of hydrogen-bond acceptors (Lipinski definition) is 6. The van der Waals surface area contributed by atoms with Crippen molar-refractivity contribution in [2.24, 2.45) is 5.92 Å². The second-order valence-corrected chi connectivity index (χ2v) is 9.93. The third-order valence-electron chi connectivity index (χ3n) is 7.30. The van der Waals surface area contributed by atoms with Crippen LogP contribution < -0.4 is 16.6 Å². The van der Waals surface area contributed by atoms with Gasteiger partial charge < -0.3 is 11.1 Å². The van der Waals surface area contributed by atoms with Crippen LogP contribution in [0.15, 0.2) is 77.9 Å². The van der Waals surface area contributed by atoms with E-state index in [0.29, 0.717) is 34.0 Å². The largest absolute Gasteiger partial charge is 0.381 e. The summed E-state index contributed by atoms with van der Waals surface area (Å²) in [6.07, 6.45) is 12.4. The van der Waals surface area contributed by atoms with Crippen LogP contribution in [-0.4, -0.2) is 30.1 Å². The molecule has 3 heterocycles. The molecule has 0 bridgehead atoms. The summed E-state index contributed by atoms with van der Waals surface area (Å²) in [7, 11) is 0. The maximum Gasteiger partial charge on any atom is 0.266 e. The van der Waals surface area contributed by atoms with Gasteiger partial charge in [0.2, 0.25) is 0 Å². The van der Waals surface area contributed by atoms with Crippen LogP contribution in [0.1, 0.15) is 60.4 Å². The third-order valence-corrected chi connectivity index (χ3v) is 7.30. The number of rotatable bonds is 6. The van der Waals surface area contributed by atoms with Crippen LogP contribution in [-0.2, 0) is 0 Å². The first-order valence-corrected chi connectivity index (χ1v) is 13.2. The number of aromatic nitrogens is 5. The molecule has 0 spiro atoms. The molecule has 6 rings (SSSR count). The van der Waals surface area contributed by atoms with Crippen molar-refractivity contribution >= 4 is 34.4 Å². The number of nitrogens with two attached hydrogens (primary N) is 1. The van der Waals surface area contributed by atoms with E-state index in [9.17, 15) is 9.59 Å². The average Bonchev–Trinajstić information content (AvgIpc) is 3.59. The molecule has 0 saturated heterocycles. The van der Waals surface area contributed by atoms with E-state index >= 15 is 0 Å². The van der Waals surface area contributed by atoms with Gasteiger partial charge >= 0.3 is 0 Å². The molecule has 39 heavy (non-hydrogen) atoms. The maximum absolute atomic E-state index is 14.1. The smallest absolute Gasteiger partial charge is 0.266 e. The number of nitrogen functional groups attached to an aromatic ring is 1. The van der Waals surface area contributed by atoms with Gasteiger partial charge in [0, 0.05) is 12.4 Å². The van der Waals surface area contributed by atoms with Crippen molar-refractivity contribution in [1.82, 2.24) is 29.5 Å². The Morgan fingerprint density at radius 2 is 1.90 bits per heavy atom. The van der Waals surface area contributed by atoms with Crippen LogP contribution in [0.4, 0.5) is 5.82 Å². The molecule has 3 N–H and O–H groups in total. The van der Waals surface area contributed by atoms with E-state index in [1.807, 2.05) is 48.5 Å². The lowest BCUT2D eigenvalue weighted by Gasteiger charge is -2.20. The fraction of sp³-hybridized carbons (Fsp3) is 0.233. The van der Waals surface area contributed by atoms with E-state index in [-0.39, 0.29) is 16.9 Å². The lowest BCUT2D eigenvalue weighted by atomic mass is 10.0.